The van der Waals surface area contributed by atoms with Crippen LogP contribution in [0.2, 0.25) is 0 Å². The summed E-state index contributed by atoms with van der Waals surface area (Å²) in [6, 6.07) is 7.14. The van der Waals surface area contributed by atoms with Gasteiger partial charge in [-0.3, -0.25) is 0 Å². The fraction of sp³-hybridized carbons (Fsp3) is 0.333. The molecule has 1 aromatic rings. The summed E-state index contributed by atoms with van der Waals surface area (Å²) < 4.78 is 11.0. The molecule has 1 aromatic carbocycles. The highest BCUT2D eigenvalue weighted by atomic mass is 32.1. The van der Waals surface area contributed by atoms with Crippen molar-refractivity contribution >= 4 is 23.3 Å². The van der Waals surface area contributed by atoms with Crippen LogP contribution in [0.4, 0.5) is 0 Å². The predicted molar refractivity (Wildman–Crippen MR) is 97.7 cm³/mol. The van der Waals surface area contributed by atoms with Gasteiger partial charge in [-0.2, -0.15) is 0 Å². The van der Waals surface area contributed by atoms with E-state index in [1.54, 1.807) is 6.08 Å². The lowest BCUT2D eigenvalue weighted by Gasteiger charge is -2.30. The van der Waals surface area contributed by atoms with Crippen molar-refractivity contribution in [2.45, 2.75) is 32.9 Å². The van der Waals surface area contributed by atoms with Crippen LogP contribution in [-0.2, 0) is 9.53 Å². The zero-order valence-corrected chi connectivity index (χ0v) is 14.9. The molecule has 1 aliphatic rings. The Balaban J connectivity index is 2.37. The standard InChI is InChI=1S/C18H22N2O3S/c1-5-9-22-14-8-6-7-13(10-14)16-15(17(21)23-11(2)3)12(4)19-18(24)20-16/h5-8,10-11,16H,1,9H2,2-4H3,(H2,19,20,24)/t16-/m1/s1. The molecular formula is C18H22N2O3S. The van der Waals surface area contributed by atoms with Crippen molar-refractivity contribution in [1.82, 2.24) is 10.6 Å². The predicted octanol–water partition coefficient (Wildman–Crippen LogP) is 3.00. The summed E-state index contributed by atoms with van der Waals surface area (Å²) in [5.74, 6) is 0.334. The number of nitrogens with one attached hydrogen (secondary N) is 2. The number of hydrogen-bond donors (Lipinski definition) is 2. The first-order valence-corrected chi connectivity index (χ1v) is 8.16. The third-order valence-electron chi connectivity index (χ3n) is 3.39. The number of benzene rings is 1. The van der Waals surface area contributed by atoms with Gasteiger partial charge < -0.3 is 20.1 Å². The molecule has 1 aliphatic heterocycles. The summed E-state index contributed by atoms with van der Waals surface area (Å²) in [7, 11) is 0. The first kappa shape index (κ1) is 18.0. The molecule has 6 heteroatoms. The van der Waals surface area contributed by atoms with Crippen LogP contribution in [0.15, 0.2) is 48.2 Å². The average molecular weight is 346 g/mol. The summed E-state index contributed by atoms with van der Waals surface area (Å²) in [5.41, 5.74) is 2.07. The quantitative estimate of drug-likeness (QED) is 0.469. The van der Waals surface area contributed by atoms with Crippen LogP contribution in [-0.4, -0.2) is 23.8 Å². The molecule has 2 N–H and O–H groups in total. The lowest BCUT2D eigenvalue weighted by molar-refractivity contribution is -0.143. The van der Waals surface area contributed by atoms with Gasteiger partial charge in [-0.05, 0) is 50.7 Å². The Hall–Kier alpha value is -2.34. The summed E-state index contributed by atoms with van der Waals surface area (Å²) in [6.45, 7) is 9.51. The monoisotopic (exact) mass is 346 g/mol. The molecule has 0 aliphatic carbocycles. The first-order valence-electron chi connectivity index (χ1n) is 7.75. The van der Waals surface area contributed by atoms with E-state index in [0.29, 0.717) is 28.7 Å². The van der Waals surface area contributed by atoms with Crippen molar-refractivity contribution in [3.63, 3.8) is 0 Å². The molecule has 24 heavy (non-hydrogen) atoms. The summed E-state index contributed by atoms with van der Waals surface area (Å²) >= 11 is 5.24. The van der Waals surface area contributed by atoms with Gasteiger partial charge in [0.1, 0.15) is 12.4 Å². The number of thiocarbonyl (C=S) groups is 1. The van der Waals surface area contributed by atoms with E-state index in [4.69, 9.17) is 21.7 Å². The fourth-order valence-electron chi connectivity index (χ4n) is 2.43. The summed E-state index contributed by atoms with van der Waals surface area (Å²) in [5, 5.41) is 6.59. The van der Waals surface area contributed by atoms with E-state index >= 15 is 0 Å². The zero-order valence-electron chi connectivity index (χ0n) is 14.1. The normalized spacial score (nSPS) is 17.2. The molecular weight excluding hydrogens is 324 g/mol. The third-order valence-corrected chi connectivity index (χ3v) is 3.61. The van der Waals surface area contributed by atoms with Crippen LogP contribution >= 0.6 is 12.2 Å². The van der Waals surface area contributed by atoms with Gasteiger partial charge in [-0.25, -0.2) is 4.79 Å². The third kappa shape index (κ3) is 4.35. The zero-order chi connectivity index (χ0) is 17.7. The van der Waals surface area contributed by atoms with Gasteiger partial charge in [0.2, 0.25) is 0 Å². The molecule has 5 nitrogen and oxygen atoms in total. The SMILES string of the molecule is C=CCOc1cccc([C@H]2NC(=S)NC(C)=C2C(=O)OC(C)C)c1. The summed E-state index contributed by atoms with van der Waals surface area (Å²) in [6.07, 6.45) is 1.48. The molecule has 1 atom stereocenters. The van der Waals surface area contributed by atoms with E-state index in [9.17, 15) is 4.79 Å². The highest BCUT2D eigenvalue weighted by molar-refractivity contribution is 7.80. The largest absolute Gasteiger partial charge is 0.490 e. The van der Waals surface area contributed by atoms with E-state index in [-0.39, 0.29) is 12.1 Å². The summed E-state index contributed by atoms with van der Waals surface area (Å²) in [4.78, 5) is 12.5. The van der Waals surface area contributed by atoms with Crippen LogP contribution in [0.25, 0.3) is 0 Å². The molecule has 2 rings (SSSR count). The Kier molecular flexibility index (Phi) is 5.98. The maximum atomic E-state index is 12.5. The van der Waals surface area contributed by atoms with Gasteiger partial charge in [0, 0.05) is 5.70 Å². The van der Waals surface area contributed by atoms with Crippen LogP contribution in [0.1, 0.15) is 32.4 Å². The number of esters is 1. The number of ether oxygens (including phenoxy) is 2. The van der Waals surface area contributed by atoms with Crippen molar-refractivity contribution in [2.75, 3.05) is 6.61 Å². The van der Waals surface area contributed by atoms with E-state index in [1.807, 2.05) is 45.0 Å². The minimum absolute atomic E-state index is 0.199. The minimum atomic E-state index is -0.391. The van der Waals surface area contributed by atoms with E-state index in [2.05, 4.69) is 17.2 Å². The Morgan fingerprint density at radius 3 is 2.88 bits per heavy atom. The van der Waals surface area contributed by atoms with Crippen molar-refractivity contribution in [3.05, 3.63) is 53.8 Å². The lowest BCUT2D eigenvalue weighted by atomic mass is 9.95. The maximum Gasteiger partial charge on any atom is 0.338 e. The highest BCUT2D eigenvalue weighted by Crippen LogP contribution is 2.30. The first-order chi connectivity index (χ1) is 11.4. The van der Waals surface area contributed by atoms with Gasteiger partial charge in [0.15, 0.2) is 5.11 Å². The molecule has 0 fully saturated rings. The van der Waals surface area contributed by atoms with Crippen molar-refractivity contribution in [3.8, 4) is 5.75 Å². The molecule has 0 aromatic heterocycles. The lowest BCUT2D eigenvalue weighted by Crippen LogP contribution is -2.45. The Morgan fingerprint density at radius 1 is 1.46 bits per heavy atom. The van der Waals surface area contributed by atoms with Gasteiger partial charge in [-0.1, -0.05) is 24.8 Å². The van der Waals surface area contributed by atoms with E-state index in [1.165, 1.54) is 0 Å². The Labute approximate surface area is 147 Å². The molecule has 0 amide bonds. The van der Waals surface area contributed by atoms with Crippen molar-refractivity contribution in [1.29, 1.82) is 0 Å². The topological polar surface area (TPSA) is 59.6 Å². The second-order valence-electron chi connectivity index (χ2n) is 5.70. The fourth-order valence-corrected chi connectivity index (χ4v) is 2.70. The van der Waals surface area contributed by atoms with Gasteiger partial charge in [0.25, 0.3) is 0 Å². The molecule has 0 bridgehead atoms. The smallest absolute Gasteiger partial charge is 0.338 e. The molecule has 128 valence electrons. The molecule has 1 heterocycles. The Bertz CT molecular complexity index is 683. The molecule has 0 saturated carbocycles. The molecule has 0 spiro atoms. The van der Waals surface area contributed by atoms with Gasteiger partial charge in [-0.15, -0.1) is 0 Å². The van der Waals surface area contributed by atoms with E-state index < -0.39 is 6.04 Å². The Morgan fingerprint density at radius 2 is 2.21 bits per heavy atom. The highest BCUT2D eigenvalue weighted by Gasteiger charge is 2.31. The molecule has 0 saturated heterocycles. The second-order valence-corrected chi connectivity index (χ2v) is 6.10. The van der Waals surface area contributed by atoms with Gasteiger partial charge >= 0.3 is 5.97 Å². The van der Waals surface area contributed by atoms with Crippen LogP contribution in [0, 0.1) is 0 Å². The molecule has 0 radical (unpaired) electrons. The number of hydrogen-bond acceptors (Lipinski definition) is 4. The van der Waals surface area contributed by atoms with Crippen molar-refractivity contribution in [2.24, 2.45) is 0 Å². The number of allylic oxidation sites excluding steroid dienone is 1. The maximum absolute atomic E-state index is 12.5. The van der Waals surface area contributed by atoms with Crippen LogP contribution in [0.3, 0.4) is 0 Å². The van der Waals surface area contributed by atoms with Crippen LogP contribution in [0.5, 0.6) is 5.75 Å². The number of rotatable bonds is 6. The minimum Gasteiger partial charge on any atom is -0.490 e. The van der Waals surface area contributed by atoms with Crippen LogP contribution < -0.4 is 15.4 Å². The second kappa shape index (κ2) is 7.97. The average Bonchev–Trinajstić information content (AvgIpc) is 2.51. The number of carbonyl (C=O) groups excluding carboxylic acids is 1. The van der Waals surface area contributed by atoms with Crippen molar-refractivity contribution < 1.29 is 14.3 Å². The van der Waals surface area contributed by atoms with Gasteiger partial charge in [0.05, 0.1) is 17.7 Å². The van der Waals surface area contributed by atoms with E-state index in [0.717, 1.165) is 5.56 Å². The molecule has 0 unspecified atom stereocenters. The number of carbonyl (C=O) groups is 1.